The zero-order valence-corrected chi connectivity index (χ0v) is 37.7. The zero-order chi connectivity index (χ0) is 49.6. The maximum atomic E-state index is 13.8. The van der Waals surface area contributed by atoms with Crippen LogP contribution in [0.5, 0.6) is 0 Å². The van der Waals surface area contributed by atoms with Gasteiger partial charge >= 0.3 is 5.97 Å². The lowest BCUT2D eigenvalue weighted by molar-refractivity contribution is -0.143. The van der Waals surface area contributed by atoms with Crippen molar-refractivity contribution in [3.63, 3.8) is 0 Å². The van der Waals surface area contributed by atoms with E-state index >= 15 is 0 Å². The predicted octanol–water partition coefficient (Wildman–Crippen LogP) is -6.20. The summed E-state index contributed by atoms with van der Waals surface area (Å²) in [5.41, 5.74) is 27.3. The molecule has 0 radical (unpaired) electrons. The minimum atomic E-state index is -1.65. The lowest BCUT2D eigenvalue weighted by Crippen LogP contribution is -2.62. The van der Waals surface area contributed by atoms with Crippen LogP contribution in [-0.4, -0.2) is 161 Å². The highest BCUT2D eigenvalue weighted by atomic mass is 16.4. The fraction of sp³-hybridized carbons (Fsp3) is 0.718. The van der Waals surface area contributed by atoms with E-state index in [1.165, 1.54) is 6.92 Å². The summed E-state index contributed by atoms with van der Waals surface area (Å²) in [6.07, 6.45) is 1.51. The van der Waals surface area contributed by atoms with Crippen molar-refractivity contribution in [1.29, 1.82) is 0 Å². The Bertz CT molecular complexity index is 1710. The van der Waals surface area contributed by atoms with Gasteiger partial charge in [-0.25, -0.2) is 4.79 Å². The summed E-state index contributed by atoms with van der Waals surface area (Å²) >= 11 is 0. The van der Waals surface area contributed by atoms with Gasteiger partial charge in [-0.05, 0) is 70.3 Å². The molecule has 26 heteroatoms. The predicted molar refractivity (Wildman–Crippen MR) is 234 cm³/mol. The Morgan fingerprint density at radius 1 is 0.708 bits per heavy atom. The number of nitrogens with zero attached hydrogens (tertiary/aromatic N) is 2. The van der Waals surface area contributed by atoms with Crippen molar-refractivity contribution in [3.8, 4) is 0 Å². The molecule has 0 unspecified atom stereocenters. The number of likely N-dealkylation sites (tertiary alicyclic amines) is 1. The molecule has 0 aromatic rings. The molecule has 1 aliphatic rings. The van der Waals surface area contributed by atoms with Gasteiger partial charge in [-0.3, -0.25) is 48.1 Å². The van der Waals surface area contributed by atoms with Gasteiger partial charge in [0.1, 0.15) is 42.3 Å². The summed E-state index contributed by atoms with van der Waals surface area (Å²) in [6, 6.07) is -10.4. The summed E-state index contributed by atoms with van der Waals surface area (Å²) in [6.45, 7) is 6.72. The molecule has 0 aromatic heterocycles. The van der Waals surface area contributed by atoms with Crippen LogP contribution in [0.2, 0.25) is 0 Å². The van der Waals surface area contributed by atoms with Crippen LogP contribution in [0.25, 0.3) is 0 Å². The van der Waals surface area contributed by atoms with Gasteiger partial charge in [-0.1, -0.05) is 27.7 Å². The molecule has 0 spiro atoms. The Balaban J connectivity index is 3.02. The smallest absolute Gasteiger partial charge is 0.326 e. The van der Waals surface area contributed by atoms with E-state index in [1.807, 2.05) is 0 Å². The third-order valence-electron chi connectivity index (χ3n) is 10.2. The first kappa shape index (κ1) is 56.9. The quantitative estimate of drug-likeness (QED) is 0.0189. The second-order valence-corrected chi connectivity index (χ2v) is 16.4. The molecule has 0 saturated carbocycles. The van der Waals surface area contributed by atoms with Gasteiger partial charge in [0.15, 0.2) is 5.96 Å². The molecule has 1 fully saturated rings. The Hall–Kier alpha value is -6.15. The number of carboxylic acids is 1. The first-order valence-corrected chi connectivity index (χ1v) is 21.5. The van der Waals surface area contributed by atoms with Gasteiger partial charge in [0, 0.05) is 13.1 Å². The third kappa shape index (κ3) is 20.1. The average molecular weight is 927 g/mol. The second-order valence-electron chi connectivity index (χ2n) is 16.4. The molecule has 368 valence electrons. The molecule has 1 aliphatic heterocycles. The monoisotopic (exact) mass is 927 g/mol. The standard InChI is InChI=1S/C39H70N14O12/c1-19(2)29(51-31(57)21(5)47-32(58)22(41)10-8-14-45-39(43)44)36(62)50-25(18-54)33(59)52-30(20(3)4)35(61)49-24(16-27(42)55)37(63)53-15-9-12-26(53)34(60)46-17-28(56)48-23(38(64)65)11-6-7-13-40/h19-26,29-30,54H,6-18,40-41H2,1-5H3,(H2,42,55)(H,46,60)(H,47,58)(H,48,56)(H,49,61)(H,50,62)(H,51,57)(H,52,59)(H,64,65)(H4,43,44,45)/t21-,22-,23-,24-,25-,26-,29-,30-/m0/s1. The highest BCUT2D eigenvalue weighted by Crippen LogP contribution is 2.20. The van der Waals surface area contributed by atoms with E-state index in [9.17, 15) is 58.2 Å². The summed E-state index contributed by atoms with van der Waals surface area (Å²) in [5.74, 6) is -10.3. The van der Waals surface area contributed by atoms with Crippen LogP contribution in [-0.2, 0) is 47.9 Å². The first-order chi connectivity index (χ1) is 30.4. The SMILES string of the molecule is CC(C)[C@H](NC(=O)[C@H](C)NC(=O)[C@@H](N)CCCN=C(N)N)C(=O)N[C@@H](CO)C(=O)N[C@H](C(=O)N[C@@H](CC(N)=O)C(=O)N1CCC[C@H]1C(=O)NCC(=O)N[C@@H](CCCCN)C(=O)O)C(C)C. The highest BCUT2D eigenvalue weighted by Gasteiger charge is 2.40. The Morgan fingerprint density at radius 3 is 1.82 bits per heavy atom. The summed E-state index contributed by atoms with van der Waals surface area (Å²) in [4.78, 5) is 134. The zero-order valence-electron chi connectivity index (χ0n) is 37.7. The molecule has 19 N–H and O–H groups in total. The number of nitrogens with two attached hydrogens (primary N) is 5. The van der Waals surface area contributed by atoms with E-state index in [1.54, 1.807) is 27.7 Å². The number of aliphatic hydroxyl groups excluding tert-OH is 1. The number of hydrogen-bond acceptors (Lipinski definition) is 14. The summed E-state index contributed by atoms with van der Waals surface area (Å²) < 4.78 is 0. The minimum absolute atomic E-state index is 0.0288. The van der Waals surface area contributed by atoms with Gasteiger partial charge in [-0.2, -0.15) is 0 Å². The Kier molecular flexibility index (Phi) is 25.0. The maximum absolute atomic E-state index is 13.8. The highest BCUT2D eigenvalue weighted by molar-refractivity contribution is 5.99. The number of hydrogen-bond donors (Lipinski definition) is 14. The van der Waals surface area contributed by atoms with Gasteiger partial charge in [0.2, 0.25) is 53.2 Å². The number of rotatable bonds is 29. The van der Waals surface area contributed by atoms with Crippen molar-refractivity contribution in [2.24, 2.45) is 45.5 Å². The van der Waals surface area contributed by atoms with Crippen molar-refractivity contribution < 1.29 is 58.2 Å². The topological polar surface area (TPSA) is 441 Å². The van der Waals surface area contributed by atoms with Crippen LogP contribution in [0, 0.1) is 11.8 Å². The number of aliphatic hydroxyl groups is 1. The molecule has 0 bridgehead atoms. The largest absolute Gasteiger partial charge is 0.480 e. The molecule has 9 amide bonds. The molecule has 1 saturated heterocycles. The van der Waals surface area contributed by atoms with Gasteiger partial charge in [-0.15, -0.1) is 0 Å². The number of primary amides is 1. The van der Waals surface area contributed by atoms with E-state index in [0.717, 1.165) is 4.90 Å². The van der Waals surface area contributed by atoms with E-state index in [4.69, 9.17) is 28.7 Å². The fourth-order valence-corrected chi connectivity index (χ4v) is 6.54. The number of carboxylic acid groups (broad SMARTS) is 1. The van der Waals surface area contributed by atoms with E-state index in [2.05, 4.69) is 42.2 Å². The molecular formula is C39H70N14O12. The van der Waals surface area contributed by atoms with E-state index < -0.39 is 139 Å². The van der Waals surface area contributed by atoms with Crippen LogP contribution in [0.1, 0.15) is 86.0 Å². The first-order valence-electron chi connectivity index (χ1n) is 21.5. The molecule has 1 heterocycles. The Labute approximate surface area is 377 Å². The molecular weight excluding hydrogens is 857 g/mol. The van der Waals surface area contributed by atoms with Gasteiger partial charge in [0.05, 0.1) is 25.6 Å². The van der Waals surface area contributed by atoms with Crippen LogP contribution in [0.4, 0.5) is 0 Å². The number of unbranched alkanes of at least 4 members (excludes halogenated alkanes) is 1. The lowest BCUT2D eigenvalue weighted by atomic mass is 10.0. The number of guanidine groups is 1. The summed E-state index contributed by atoms with van der Waals surface area (Å²) in [7, 11) is 0. The van der Waals surface area contributed by atoms with E-state index in [0.29, 0.717) is 32.2 Å². The van der Waals surface area contributed by atoms with Crippen molar-refractivity contribution in [1.82, 2.24) is 42.1 Å². The number of carbonyl (C=O) groups excluding carboxylic acids is 9. The van der Waals surface area contributed by atoms with Crippen molar-refractivity contribution in [2.75, 3.05) is 32.8 Å². The number of carbonyl (C=O) groups is 10. The fourth-order valence-electron chi connectivity index (χ4n) is 6.54. The average Bonchev–Trinajstić information content (AvgIpc) is 3.73. The molecule has 26 nitrogen and oxygen atoms in total. The number of amides is 9. The van der Waals surface area contributed by atoms with Crippen LogP contribution < -0.4 is 65.9 Å². The van der Waals surface area contributed by atoms with Crippen molar-refractivity contribution in [2.45, 2.75) is 134 Å². The molecule has 8 atom stereocenters. The third-order valence-corrected chi connectivity index (χ3v) is 10.2. The normalized spacial score (nSPS) is 16.6. The van der Waals surface area contributed by atoms with Crippen LogP contribution in [0.3, 0.4) is 0 Å². The molecule has 1 rings (SSSR count). The van der Waals surface area contributed by atoms with Gasteiger partial charge < -0.3 is 81.0 Å². The molecule has 0 aliphatic carbocycles. The number of nitrogens with one attached hydrogen (secondary N) is 7. The number of aliphatic carboxylic acids is 1. The van der Waals surface area contributed by atoms with Gasteiger partial charge in [0.25, 0.3) is 0 Å². The second kappa shape index (κ2) is 28.6. The van der Waals surface area contributed by atoms with Crippen LogP contribution >= 0.6 is 0 Å². The maximum Gasteiger partial charge on any atom is 0.326 e. The number of aliphatic imine (C=N–C) groups is 1. The molecule has 65 heavy (non-hydrogen) atoms. The minimum Gasteiger partial charge on any atom is -0.480 e. The molecule has 0 aromatic carbocycles. The Morgan fingerprint density at radius 2 is 1.29 bits per heavy atom. The van der Waals surface area contributed by atoms with Crippen LogP contribution in [0.15, 0.2) is 4.99 Å². The van der Waals surface area contributed by atoms with Crippen molar-refractivity contribution >= 4 is 65.1 Å². The summed E-state index contributed by atoms with van der Waals surface area (Å²) in [5, 5.41) is 36.5. The van der Waals surface area contributed by atoms with Crippen molar-refractivity contribution in [3.05, 3.63) is 0 Å². The van der Waals surface area contributed by atoms with E-state index in [-0.39, 0.29) is 38.3 Å². The lowest BCUT2D eigenvalue weighted by Gasteiger charge is -2.30.